The summed E-state index contributed by atoms with van der Waals surface area (Å²) >= 11 is 0. The molecule has 1 saturated heterocycles. The van der Waals surface area contributed by atoms with E-state index in [-0.39, 0.29) is 16.7 Å². The highest BCUT2D eigenvalue weighted by Gasteiger charge is 2.35. The van der Waals surface area contributed by atoms with E-state index < -0.39 is 10.0 Å². The first-order chi connectivity index (χ1) is 12.7. The lowest BCUT2D eigenvalue weighted by molar-refractivity contribution is -0.120. The number of hydrogen-bond acceptors (Lipinski definition) is 5. The summed E-state index contributed by atoms with van der Waals surface area (Å²) < 4.78 is 32.1. The van der Waals surface area contributed by atoms with Crippen LogP contribution >= 0.6 is 0 Å². The topological polar surface area (TPSA) is 92.5 Å². The fourth-order valence-corrected chi connectivity index (χ4v) is 5.38. The Morgan fingerprint density at radius 2 is 1.70 bits per heavy atom. The lowest BCUT2D eigenvalue weighted by Crippen LogP contribution is -2.41. The first kappa shape index (κ1) is 19.6. The quantitative estimate of drug-likeness (QED) is 0.865. The molecule has 2 heterocycles. The molecule has 1 fully saturated rings. The molecule has 0 radical (unpaired) electrons. The summed E-state index contributed by atoms with van der Waals surface area (Å²) in [5.74, 6) is 0.0264. The SMILES string of the molecule is Cc1cc(C)cc(NC(=O)C2CCN(S(=O)(=O)c3c(C)noc3C)CC2)c1. The number of nitrogens with zero attached hydrogens (tertiary/aromatic N) is 2. The average Bonchev–Trinajstić information content (AvgIpc) is 2.93. The molecule has 1 N–H and O–H groups in total. The van der Waals surface area contributed by atoms with Gasteiger partial charge in [-0.05, 0) is 63.8 Å². The molecule has 0 spiro atoms. The van der Waals surface area contributed by atoms with Crippen molar-refractivity contribution in [3.05, 3.63) is 40.8 Å². The summed E-state index contributed by atoms with van der Waals surface area (Å²) in [5.41, 5.74) is 3.32. The van der Waals surface area contributed by atoms with E-state index in [2.05, 4.69) is 10.5 Å². The Morgan fingerprint density at radius 3 is 2.22 bits per heavy atom. The van der Waals surface area contributed by atoms with Crippen molar-refractivity contribution in [2.24, 2.45) is 5.92 Å². The van der Waals surface area contributed by atoms with Crippen molar-refractivity contribution in [2.75, 3.05) is 18.4 Å². The second kappa shape index (κ2) is 7.44. The van der Waals surface area contributed by atoms with Crippen molar-refractivity contribution in [1.29, 1.82) is 0 Å². The maximum Gasteiger partial charge on any atom is 0.248 e. The standard InChI is InChI=1S/C19H25N3O4S/c1-12-9-13(2)11-17(10-12)20-19(23)16-5-7-22(8-6-16)27(24,25)18-14(3)21-26-15(18)4/h9-11,16H,5-8H2,1-4H3,(H,20,23). The number of benzene rings is 1. The molecule has 1 aliphatic heterocycles. The number of aryl methyl sites for hydroxylation is 4. The third kappa shape index (κ3) is 4.06. The minimum Gasteiger partial charge on any atom is -0.360 e. The maximum atomic E-state index is 12.9. The lowest BCUT2D eigenvalue weighted by Gasteiger charge is -2.30. The predicted molar refractivity (Wildman–Crippen MR) is 102 cm³/mol. The Balaban J connectivity index is 1.65. The van der Waals surface area contributed by atoms with Gasteiger partial charge in [-0.15, -0.1) is 0 Å². The second-order valence-corrected chi connectivity index (χ2v) is 9.07. The minimum atomic E-state index is -3.65. The van der Waals surface area contributed by atoms with E-state index in [1.807, 2.05) is 32.0 Å². The van der Waals surface area contributed by atoms with Gasteiger partial charge in [0.15, 0.2) is 5.76 Å². The lowest BCUT2D eigenvalue weighted by atomic mass is 9.97. The molecule has 3 rings (SSSR count). The molecule has 0 aliphatic carbocycles. The van der Waals surface area contributed by atoms with Crippen molar-refractivity contribution >= 4 is 21.6 Å². The van der Waals surface area contributed by atoms with Gasteiger partial charge in [0.2, 0.25) is 15.9 Å². The second-order valence-electron chi connectivity index (χ2n) is 7.20. The molecule has 2 aromatic rings. The molecule has 1 aromatic carbocycles. The van der Waals surface area contributed by atoms with Crippen LogP contribution in [-0.4, -0.2) is 36.9 Å². The van der Waals surface area contributed by atoms with Gasteiger partial charge in [-0.1, -0.05) is 11.2 Å². The van der Waals surface area contributed by atoms with Gasteiger partial charge in [0.1, 0.15) is 10.6 Å². The number of piperidine rings is 1. The molecular weight excluding hydrogens is 366 g/mol. The third-order valence-electron chi connectivity index (χ3n) is 4.88. The zero-order valence-corrected chi connectivity index (χ0v) is 16.9. The van der Waals surface area contributed by atoms with Crippen LogP contribution < -0.4 is 5.32 Å². The molecule has 0 saturated carbocycles. The fraction of sp³-hybridized carbons (Fsp3) is 0.474. The normalized spacial score (nSPS) is 16.4. The molecule has 1 aromatic heterocycles. The molecule has 27 heavy (non-hydrogen) atoms. The van der Waals surface area contributed by atoms with Gasteiger partial charge in [-0.2, -0.15) is 4.31 Å². The molecular formula is C19H25N3O4S. The van der Waals surface area contributed by atoms with Crippen LogP contribution in [0, 0.1) is 33.6 Å². The molecule has 146 valence electrons. The highest BCUT2D eigenvalue weighted by Crippen LogP contribution is 2.28. The van der Waals surface area contributed by atoms with Crippen LogP contribution in [0.2, 0.25) is 0 Å². The van der Waals surface area contributed by atoms with Gasteiger partial charge in [-0.3, -0.25) is 4.79 Å². The summed E-state index contributed by atoms with van der Waals surface area (Å²) in [5, 5.41) is 6.70. The number of amides is 1. The van der Waals surface area contributed by atoms with E-state index >= 15 is 0 Å². The van der Waals surface area contributed by atoms with Crippen LogP contribution in [0.3, 0.4) is 0 Å². The van der Waals surface area contributed by atoms with Gasteiger partial charge in [0, 0.05) is 24.7 Å². The van der Waals surface area contributed by atoms with Crippen molar-refractivity contribution in [1.82, 2.24) is 9.46 Å². The summed E-state index contributed by atoms with van der Waals surface area (Å²) in [7, 11) is -3.65. The number of sulfonamides is 1. The Labute approximate surface area is 159 Å². The van der Waals surface area contributed by atoms with E-state index in [4.69, 9.17) is 4.52 Å². The van der Waals surface area contributed by atoms with Crippen LogP contribution in [0.5, 0.6) is 0 Å². The predicted octanol–water partition coefficient (Wildman–Crippen LogP) is 2.95. The van der Waals surface area contributed by atoms with Gasteiger partial charge < -0.3 is 9.84 Å². The Hall–Kier alpha value is -2.19. The number of carbonyl (C=O) groups excluding carboxylic acids is 1. The summed E-state index contributed by atoms with van der Waals surface area (Å²) in [6.07, 6.45) is 0.971. The Bertz CT molecular complexity index is 918. The molecule has 0 bridgehead atoms. The van der Waals surface area contributed by atoms with E-state index in [1.54, 1.807) is 13.8 Å². The van der Waals surface area contributed by atoms with Crippen LogP contribution in [0.4, 0.5) is 5.69 Å². The van der Waals surface area contributed by atoms with E-state index in [1.165, 1.54) is 4.31 Å². The van der Waals surface area contributed by atoms with E-state index in [0.717, 1.165) is 16.8 Å². The van der Waals surface area contributed by atoms with Crippen LogP contribution in [0.15, 0.2) is 27.6 Å². The Morgan fingerprint density at radius 1 is 1.11 bits per heavy atom. The third-order valence-corrected chi connectivity index (χ3v) is 7.02. The van der Waals surface area contributed by atoms with Crippen LogP contribution in [-0.2, 0) is 14.8 Å². The monoisotopic (exact) mass is 391 g/mol. The first-order valence-corrected chi connectivity index (χ1v) is 10.4. The number of carbonyl (C=O) groups is 1. The van der Waals surface area contributed by atoms with Crippen LogP contribution in [0.25, 0.3) is 0 Å². The van der Waals surface area contributed by atoms with Crippen LogP contribution in [0.1, 0.15) is 35.4 Å². The van der Waals surface area contributed by atoms with Gasteiger partial charge in [0.05, 0.1) is 0 Å². The zero-order valence-electron chi connectivity index (χ0n) is 16.1. The number of nitrogens with one attached hydrogen (secondary N) is 1. The summed E-state index contributed by atoms with van der Waals surface area (Å²) in [6, 6.07) is 5.91. The largest absolute Gasteiger partial charge is 0.360 e. The smallest absolute Gasteiger partial charge is 0.248 e. The molecule has 8 heteroatoms. The zero-order chi connectivity index (χ0) is 19.8. The molecule has 7 nitrogen and oxygen atoms in total. The van der Waals surface area contributed by atoms with E-state index in [9.17, 15) is 13.2 Å². The number of rotatable bonds is 4. The summed E-state index contributed by atoms with van der Waals surface area (Å²) in [4.78, 5) is 12.7. The summed E-state index contributed by atoms with van der Waals surface area (Å²) in [6.45, 7) is 7.79. The van der Waals surface area contributed by atoms with E-state index in [0.29, 0.717) is 37.4 Å². The van der Waals surface area contributed by atoms with Crippen molar-refractivity contribution in [3.8, 4) is 0 Å². The number of hydrogen-bond donors (Lipinski definition) is 1. The Kier molecular flexibility index (Phi) is 5.39. The highest BCUT2D eigenvalue weighted by molar-refractivity contribution is 7.89. The van der Waals surface area contributed by atoms with Gasteiger partial charge in [0.25, 0.3) is 0 Å². The van der Waals surface area contributed by atoms with Gasteiger partial charge >= 0.3 is 0 Å². The van der Waals surface area contributed by atoms with Crippen molar-refractivity contribution in [2.45, 2.75) is 45.4 Å². The number of aromatic nitrogens is 1. The minimum absolute atomic E-state index is 0.0608. The highest BCUT2D eigenvalue weighted by atomic mass is 32.2. The van der Waals surface area contributed by atoms with Gasteiger partial charge in [-0.25, -0.2) is 8.42 Å². The number of anilines is 1. The fourth-order valence-electron chi connectivity index (χ4n) is 3.62. The average molecular weight is 391 g/mol. The van der Waals surface area contributed by atoms with Crippen molar-refractivity contribution < 1.29 is 17.7 Å². The maximum absolute atomic E-state index is 12.9. The molecule has 0 unspecified atom stereocenters. The molecule has 1 amide bonds. The molecule has 0 atom stereocenters. The first-order valence-electron chi connectivity index (χ1n) is 9.00. The van der Waals surface area contributed by atoms with Crippen molar-refractivity contribution in [3.63, 3.8) is 0 Å². The molecule has 1 aliphatic rings.